The van der Waals surface area contributed by atoms with Crippen molar-refractivity contribution in [3.05, 3.63) is 77.0 Å². The molecule has 8 nitrogen and oxygen atoms in total. The number of alkyl halides is 3. The summed E-state index contributed by atoms with van der Waals surface area (Å²) >= 11 is 6.41. The highest BCUT2D eigenvalue weighted by Crippen LogP contribution is 2.36. The summed E-state index contributed by atoms with van der Waals surface area (Å²) in [6.07, 6.45) is 1.58. The van der Waals surface area contributed by atoms with E-state index in [9.17, 15) is 18.0 Å². The van der Waals surface area contributed by atoms with Gasteiger partial charge in [-0.1, -0.05) is 28.9 Å². The van der Waals surface area contributed by atoms with E-state index in [2.05, 4.69) is 15.1 Å². The molecule has 1 aromatic carbocycles. The fraction of sp³-hybridized carbons (Fsp3) is 0.240. The first kappa shape index (κ1) is 24.7. The average Bonchev–Trinajstić information content (AvgIpc) is 3.33. The third-order valence-corrected chi connectivity index (χ3v) is 6.45. The predicted molar refractivity (Wildman–Crippen MR) is 130 cm³/mol. The van der Waals surface area contributed by atoms with Gasteiger partial charge in [-0.2, -0.15) is 13.2 Å². The van der Waals surface area contributed by atoms with Crippen molar-refractivity contribution in [1.82, 2.24) is 25.0 Å². The van der Waals surface area contributed by atoms with Crippen molar-refractivity contribution in [2.24, 2.45) is 0 Å². The normalized spacial score (nSPS) is 14.2. The van der Waals surface area contributed by atoms with Crippen molar-refractivity contribution in [2.75, 3.05) is 31.1 Å². The van der Waals surface area contributed by atoms with Crippen LogP contribution in [0, 0.1) is 6.92 Å². The van der Waals surface area contributed by atoms with Crippen LogP contribution < -0.4 is 4.90 Å². The van der Waals surface area contributed by atoms with Crippen LogP contribution >= 0.6 is 11.6 Å². The zero-order valence-corrected chi connectivity index (χ0v) is 20.3. The Morgan fingerprint density at radius 1 is 1.00 bits per heavy atom. The van der Waals surface area contributed by atoms with Gasteiger partial charge < -0.3 is 14.3 Å². The second-order valence-electron chi connectivity index (χ2n) is 8.43. The highest BCUT2D eigenvalue weighted by atomic mass is 35.5. The SMILES string of the molecule is Cc1oncc1C(=O)N1CCN(c2cnc(-c3ccc(C(F)(F)F)cc3)c(-c3ccncc3Cl)n2)CC1. The third-order valence-electron chi connectivity index (χ3n) is 6.15. The number of carbonyl (C=O) groups excluding carboxylic acids is 1. The van der Waals surface area contributed by atoms with Crippen LogP contribution in [0.3, 0.4) is 0 Å². The van der Waals surface area contributed by atoms with Gasteiger partial charge in [0.1, 0.15) is 22.8 Å². The van der Waals surface area contributed by atoms with Crippen LogP contribution in [-0.2, 0) is 6.18 Å². The fourth-order valence-corrected chi connectivity index (χ4v) is 4.34. The molecule has 0 radical (unpaired) electrons. The molecule has 0 atom stereocenters. The molecular formula is C25H20ClF3N6O2. The zero-order valence-electron chi connectivity index (χ0n) is 19.5. The summed E-state index contributed by atoms with van der Waals surface area (Å²) in [7, 11) is 0. The van der Waals surface area contributed by atoms with Crippen LogP contribution in [0.15, 0.2) is 59.6 Å². The molecule has 4 aromatic rings. The molecule has 4 heterocycles. The number of hydrogen-bond donors (Lipinski definition) is 0. The van der Waals surface area contributed by atoms with Crippen LogP contribution in [0.1, 0.15) is 21.7 Å². The highest BCUT2D eigenvalue weighted by molar-refractivity contribution is 6.33. The second kappa shape index (κ2) is 9.81. The lowest BCUT2D eigenvalue weighted by atomic mass is 10.0. The zero-order chi connectivity index (χ0) is 26.2. The van der Waals surface area contributed by atoms with Crippen molar-refractivity contribution in [1.29, 1.82) is 0 Å². The Morgan fingerprint density at radius 3 is 2.35 bits per heavy atom. The molecule has 1 aliphatic rings. The van der Waals surface area contributed by atoms with Gasteiger partial charge in [-0.25, -0.2) is 4.98 Å². The molecular weight excluding hydrogens is 509 g/mol. The minimum Gasteiger partial charge on any atom is -0.361 e. The number of aromatic nitrogens is 4. The van der Waals surface area contributed by atoms with Crippen molar-refractivity contribution in [3.63, 3.8) is 0 Å². The van der Waals surface area contributed by atoms with Crippen LogP contribution in [-0.4, -0.2) is 57.1 Å². The first-order valence-electron chi connectivity index (χ1n) is 11.3. The van der Waals surface area contributed by atoms with Gasteiger partial charge in [-0.05, 0) is 25.1 Å². The van der Waals surface area contributed by atoms with E-state index < -0.39 is 11.7 Å². The molecule has 0 aliphatic carbocycles. The molecule has 0 bridgehead atoms. The van der Waals surface area contributed by atoms with E-state index in [0.717, 1.165) is 12.1 Å². The van der Waals surface area contributed by atoms with Gasteiger partial charge in [0.15, 0.2) is 0 Å². The van der Waals surface area contributed by atoms with Crippen LogP contribution in [0.5, 0.6) is 0 Å². The maximum atomic E-state index is 13.1. The lowest BCUT2D eigenvalue weighted by molar-refractivity contribution is -0.137. The molecule has 5 rings (SSSR count). The molecule has 1 aliphatic heterocycles. The van der Waals surface area contributed by atoms with Crippen LogP contribution in [0.4, 0.5) is 19.0 Å². The summed E-state index contributed by atoms with van der Waals surface area (Å²) in [5, 5.41) is 4.01. The molecule has 1 fully saturated rings. The van der Waals surface area contributed by atoms with Crippen molar-refractivity contribution in [3.8, 4) is 22.5 Å². The van der Waals surface area contributed by atoms with E-state index in [1.54, 1.807) is 30.3 Å². The maximum Gasteiger partial charge on any atom is 0.416 e. The second-order valence-corrected chi connectivity index (χ2v) is 8.84. The minimum absolute atomic E-state index is 0.147. The molecule has 12 heteroatoms. The first-order chi connectivity index (χ1) is 17.7. The van der Waals surface area contributed by atoms with Gasteiger partial charge in [0.2, 0.25) is 0 Å². The number of nitrogens with zero attached hydrogens (tertiary/aromatic N) is 6. The Hall–Kier alpha value is -3.99. The van der Waals surface area contributed by atoms with Crippen molar-refractivity contribution < 1.29 is 22.5 Å². The quantitative estimate of drug-likeness (QED) is 0.362. The Kier molecular flexibility index (Phi) is 6.55. The van der Waals surface area contributed by atoms with Crippen molar-refractivity contribution in [2.45, 2.75) is 13.1 Å². The summed E-state index contributed by atoms with van der Waals surface area (Å²) in [5.41, 5.74) is 1.51. The molecule has 0 saturated carbocycles. The number of halogens is 4. The van der Waals surface area contributed by atoms with Crippen LogP contribution in [0.2, 0.25) is 5.02 Å². The summed E-state index contributed by atoms with van der Waals surface area (Å²) in [6, 6.07) is 6.43. The van der Waals surface area contributed by atoms with E-state index in [4.69, 9.17) is 21.1 Å². The number of piperazine rings is 1. The van der Waals surface area contributed by atoms with Gasteiger partial charge in [-0.15, -0.1) is 0 Å². The smallest absolute Gasteiger partial charge is 0.361 e. The molecule has 1 saturated heterocycles. The molecule has 0 N–H and O–H groups in total. The van der Waals surface area contributed by atoms with Gasteiger partial charge in [0.05, 0.1) is 28.7 Å². The molecule has 0 spiro atoms. The van der Waals surface area contributed by atoms with Crippen LogP contribution in [0.25, 0.3) is 22.5 Å². The summed E-state index contributed by atoms with van der Waals surface area (Å²) in [4.78, 5) is 29.9. The van der Waals surface area contributed by atoms with Gasteiger partial charge >= 0.3 is 6.18 Å². The summed E-state index contributed by atoms with van der Waals surface area (Å²) in [5.74, 6) is 0.884. The largest absolute Gasteiger partial charge is 0.416 e. The summed E-state index contributed by atoms with van der Waals surface area (Å²) in [6.45, 7) is 3.62. The van der Waals surface area contributed by atoms with Gasteiger partial charge in [0, 0.05) is 49.7 Å². The molecule has 3 aromatic heterocycles. The third kappa shape index (κ3) is 4.99. The molecule has 37 heavy (non-hydrogen) atoms. The maximum absolute atomic E-state index is 13.1. The predicted octanol–water partition coefficient (Wildman–Crippen LogP) is 5.14. The molecule has 1 amide bonds. The average molecular weight is 529 g/mol. The number of pyridine rings is 1. The van der Waals surface area contributed by atoms with Gasteiger partial charge in [0.25, 0.3) is 5.91 Å². The van der Waals surface area contributed by atoms with Gasteiger partial charge in [-0.3, -0.25) is 14.8 Å². The number of benzene rings is 1. The molecule has 0 unspecified atom stereocenters. The summed E-state index contributed by atoms with van der Waals surface area (Å²) < 4.78 is 44.2. The number of anilines is 1. The highest BCUT2D eigenvalue weighted by Gasteiger charge is 2.30. The standard InChI is InChI=1S/C25H20ClF3N6O2/c1-15-19(12-32-37-15)24(36)35-10-8-34(9-11-35)21-14-31-22(16-2-4-17(5-3-16)25(27,28)29)23(33-21)18-6-7-30-13-20(18)26/h2-7,12-14H,8-11H2,1H3. The number of rotatable bonds is 4. The molecule has 190 valence electrons. The van der Waals surface area contributed by atoms with E-state index in [1.165, 1.54) is 24.5 Å². The monoisotopic (exact) mass is 528 g/mol. The topological polar surface area (TPSA) is 88.3 Å². The number of carbonyl (C=O) groups is 1. The lowest BCUT2D eigenvalue weighted by Gasteiger charge is -2.35. The van der Waals surface area contributed by atoms with E-state index in [1.807, 2.05) is 4.90 Å². The van der Waals surface area contributed by atoms with E-state index in [-0.39, 0.29) is 5.91 Å². The number of hydrogen-bond acceptors (Lipinski definition) is 7. The fourth-order valence-electron chi connectivity index (χ4n) is 4.13. The number of aryl methyl sites for hydroxylation is 1. The Labute approximate surface area is 214 Å². The van der Waals surface area contributed by atoms with E-state index in [0.29, 0.717) is 70.9 Å². The number of amides is 1. The van der Waals surface area contributed by atoms with Crippen molar-refractivity contribution >= 4 is 23.3 Å². The first-order valence-corrected chi connectivity index (χ1v) is 11.7. The Balaban J connectivity index is 1.44. The Morgan fingerprint density at radius 2 is 1.73 bits per heavy atom. The Bertz CT molecular complexity index is 1430. The minimum atomic E-state index is -4.44. The lowest BCUT2D eigenvalue weighted by Crippen LogP contribution is -2.49. The van der Waals surface area contributed by atoms with E-state index >= 15 is 0 Å².